The third-order valence-corrected chi connectivity index (χ3v) is 7.15. The van der Waals surface area contributed by atoms with Gasteiger partial charge in [0, 0.05) is 21.7 Å². The largest absolute Gasteiger partial charge is 0.490 e. The summed E-state index contributed by atoms with van der Waals surface area (Å²) in [6.45, 7) is 8.66. The van der Waals surface area contributed by atoms with Gasteiger partial charge in [-0.1, -0.05) is 53.0 Å². The molecule has 3 aromatic rings. The van der Waals surface area contributed by atoms with Crippen molar-refractivity contribution in [1.29, 1.82) is 0 Å². The molecule has 1 fully saturated rings. The standard InChI is InChI=1S/C29H28Cl2N2O3S/c1-5-35-26-14-20(8-13-25(26)36-17-21-9-10-22(30)16-24(21)31)15-27-28(34)33(18(2)3)29(37-27)32-23-11-6-19(4)7-12-23/h6-16,18H,5,17H2,1-4H3/b27-15+,32-29?. The van der Waals surface area contributed by atoms with Crippen molar-refractivity contribution in [2.24, 2.45) is 4.99 Å². The summed E-state index contributed by atoms with van der Waals surface area (Å²) in [4.78, 5) is 20.4. The average Bonchev–Trinajstić information content (AvgIpc) is 3.15. The SMILES string of the molecule is CCOc1cc(/C=C2/SC(=Nc3ccc(C)cc3)N(C(C)C)C2=O)ccc1OCc1ccc(Cl)cc1Cl. The van der Waals surface area contributed by atoms with Gasteiger partial charge in [-0.2, -0.15) is 0 Å². The number of amides is 1. The fraction of sp³-hybridized carbons (Fsp3) is 0.241. The minimum Gasteiger partial charge on any atom is -0.490 e. The smallest absolute Gasteiger partial charge is 0.266 e. The summed E-state index contributed by atoms with van der Waals surface area (Å²) < 4.78 is 11.9. The van der Waals surface area contributed by atoms with Crippen LogP contribution in [-0.2, 0) is 11.4 Å². The lowest BCUT2D eigenvalue weighted by atomic mass is 10.1. The molecule has 0 radical (unpaired) electrons. The molecule has 192 valence electrons. The van der Waals surface area contributed by atoms with E-state index in [1.54, 1.807) is 17.0 Å². The molecule has 1 saturated heterocycles. The molecule has 1 aliphatic heterocycles. The molecule has 0 unspecified atom stereocenters. The maximum absolute atomic E-state index is 13.3. The Labute approximate surface area is 232 Å². The molecular formula is C29H28Cl2N2O3S. The van der Waals surface area contributed by atoms with Crippen LogP contribution in [0, 0.1) is 6.92 Å². The summed E-state index contributed by atoms with van der Waals surface area (Å²) in [6.07, 6.45) is 1.86. The summed E-state index contributed by atoms with van der Waals surface area (Å²) in [7, 11) is 0. The number of thioether (sulfide) groups is 1. The highest BCUT2D eigenvalue weighted by molar-refractivity contribution is 8.18. The second-order valence-electron chi connectivity index (χ2n) is 8.77. The molecule has 0 saturated carbocycles. The van der Waals surface area contributed by atoms with Gasteiger partial charge in [0.2, 0.25) is 0 Å². The second kappa shape index (κ2) is 12.1. The van der Waals surface area contributed by atoms with Gasteiger partial charge in [-0.3, -0.25) is 9.69 Å². The number of benzene rings is 3. The second-order valence-corrected chi connectivity index (χ2v) is 10.6. The maximum atomic E-state index is 13.3. The van der Waals surface area contributed by atoms with E-state index in [1.807, 2.05) is 82.3 Å². The minimum absolute atomic E-state index is 0.0236. The number of amidine groups is 1. The fourth-order valence-electron chi connectivity index (χ4n) is 3.70. The highest BCUT2D eigenvalue weighted by Crippen LogP contribution is 2.37. The van der Waals surface area contributed by atoms with E-state index in [0.717, 1.165) is 22.4 Å². The first kappa shape index (κ1) is 27.1. The molecule has 8 heteroatoms. The zero-order chi connectivity index (χ0) is 26.5. The van der Waals surface area contributed by atoms with Crippen molar-refractivity contribution in [3.05, 3.63) is 92.3 Å². The Hall–Kier alpha value is -2.93. The molecule has 1 aliphatic rings. The van der Waals surface area contributed by atoms with Crippen LogP contribution in [0.1, 0.15) is 37.5 Å². The lowest BCUT2D eigenvalue weighted by Gasteiger charge is -2.19. The van der Waals surface area contributed by atoms with Crippen molar-refractivity contribution in [1.82, 2.24) is 4.90 Å². The van der Waals surface area contributed by atoms with Crippen LogP contribution in [0.2, 0.25) is 10.0 Å². The lowest BCUT2D eigenvalue weighted by molar-refractivity contribution is -0.123. The van der Waals surface area contributed by atoms with E-state index in [-0.39, 0.29) is 18.6 Å². The van der Waals surface area contributed by atoms with Gasteiger partial charge in [-0.25, -0.2) is 4.99 Å². The van der Waals surface area contributed by atoms with Crippen LogP contribution < -0.4 is 9.47 Å². The van der Waals surface area contributed by atoms with E-state index in [0.29, 0.717) is 38.2 Å². The molecule has 0 spiro atoms. The zero-order valence-electron chi connectivity index (χ0n) is 21.1. The lowest BCUT2D eigenvalue weighted by Crippen LogP contribution is -2.35. The molecule has 0 atom stereocenters. The van der Waals surface area contributed by atoms with E-state index in [9.17, 15) is 4.79 Å². The third-order valence-electron chi connectivity index (χ3n) is 5.58. The van der Waals surface area contributed by atoms with Gasteiger partial charge < -0.3 is 9.47 Å². The Bertz CT molecular complexity index is 1350. The summed E-state index contributed by atoms with van der Waals surface area (Å²) in [5.74, 6) is 1.11. The van der Waals surface area contributed by atoms with Gasteiger partial charge in [0.15, 0.2) is 16.7 Å². The minimum atomic E-state index is -0.0680. The Morgan fingerprint density at radius 3 is 2.43 bits per heavy atom. The molecule has 1 amide bonds. The highest BCUT2D eigenvalue weighted by atomic mass is 35.5. The topological polar surface area (TPSA) is 51.1 Å². The number of carbonyl (C=O) groups excluding carboxylic acids is 1. The monoisotopic (exact) mass is 554 g/mol. The van der Waals surface area contributed by atoms with Crippen molar-refractivity contribution in [3.8, 4) is 11.5 Å². The number of nitrogens with zero attached hydrogens (tertiary/aromatic N) is 2. The van der Waals surface area contributed by atoms with Crippen molar-refractivity contribution in [2.75, 3.05) is 6.61 Å². The quantitative estimate of drug-likeness (QED) is 0.263. The molecule has 0 aromatic heterocycles. The molecule has 0 N–H and O–H groups in total. The molecule has 37 heavy (non-hydrogen) atoms. The number of hydrogen-bond donors (Lipinski definition) is 0. The van der Waals surface area contributed by atoms with E-state index < -0.39 is 0 Å². The first-order valence-electron chi connectivity index (χ1n) is 12.0. The number of carbonyl (C=O) groups is 1. The Balaban J connectivity index is 1.58. The molecule has 0 aliphatic carbocycles. The van der Waals surface area contributed by atoms with Crippen molar-refractivity contribution < 1.29 is 14.3 Å². The van der Waals surface area contributed by atoms with Crippen LogP contribution in [0.4, 0.5) is 5.69 Å². The highest BCUT2D eigenvalue weighted by Gasteiger charge is 2.35. The molecular weight excluding hydrogens is 527 g/mol. The van der Waals surface area contributed by atoms with Gasteiger partial charge in [-0.05, 0) is 87.5 Å². The van der Waals surface area contributed by atoms with E-state index in [2.05, 4.69) is 0 Å². The van der Waals surface area contributed by atoms with E-state index in [1.165, 1.54) is 11.8 Å². The number of rotatable bonds is 8. The normalized spacial score (nSPS) is 15.8. The van der Waals surface area contributed by atoms with Crippen LogP contribution in [0.25, 0.3) is 6.08 Å². The summed E-state index contributed by atoms with van der Waals surface area (Å²) in [5, 5.41) is 1.78. The van der Waals surface area contributed by atoms with Gasteiger partial charge >= 0.3 is 0 Å². The molecule has 3 aromatic carbocycles. The third kappa shape index (κ3) is 6.69. The predicted molar refractivity (Wildman–Crippen MR) is 154 cm³/mol. The predicted octanol–water partition coefficient (Wildman–Crippen LogP) is 8.29. The van der Waals surface area contributed by atoms with Crippen LogP contribution in [0.3, 0.4) is 0 Å². The van der Waals surface area contributed by atoms with Gasteiger partial charge in [0.1, 0.15) is 6.61 Å². The fourth-order valence-corrected chi connectivity index (χ4v) is 5.28. The summed E-state index contributed by atoms with van der Waals surface area (Å²) >= 11 is 13.6. The maximum Gasteiger partial charge on any atom is 0.266 e. The number of hydrogen-bond acceptors (Lipinski definition) is 5. The van der Waals surface area contributed by atoms with Gasteiger partial charge in [0.05, 0.1) is 17.2 Å². The van der Waals surface area contributed by atoms with Gasteiger partial charge in [-0.15, -0.1) is 0 Å². The number of ether oxygens (including phenoxy) is 2. The summed E-state index contributed by atoms with van der Waals surface area (Å²) in [6, 6.07) is 18.8. The van der Waals surface area contributed by atoms with Crippen LogP contribution >= 0.6 is 35.0 Å². The zero-order valence-corrected chi connectivity index (χ0v) is 23.5. The van der Waals surface area contributed by atoms with Crippen molar-refractivity contribution >= 4 is 57.8 Å². The summed E-state index contributed by atoms with van der Waals surface area (Å²) in [5.41, 5.74) is 3.63. The van der Waals surface area contributed by atoms with Crippen LogP contribution in [0.5, 0.6) is 11.5 Å². The van der Waals surface area contributed by atoms with Gasteiger partial charge in [0.25, 0.3) is 5.91 Å². The van der Waals surface area contributed by atoms with Crippen LogP contribution in [0.15, 0.2) is 70.6 Å². The van der Waals surface area contributed by atoms with Crippen molar-refractivity contribution in [3.63, 3.8) is 0 Å². The molecule has 1 heterocycles. The Morgan fingerprint density at radius 1 is 1.00 bits per heavy atom. The Kier molecular flexibility index (Phi) is 8.85. The average molecular weight is 556 g/mol. The van der Waals surface area contributed by atoms with Crippen LogP contribution in [-0.4, -0.2) is 28.6 Å². The van der Waals surface area contributed by atoms with E-state index in [4.69, 9.17) is 37.7 Å². The molecule has 0 bridgehead atoms. The molecule has 4 rings (SSSR count). The first-order valence-corrected chi connectivity index (χ1v) is 13.5. The molecule has 5 nitrogen and oxygen atoms in total. The number of halogens is 2. The Morgan fingerprint density at radius 2 is 1.76 bits per heavy atom. The first-order chi connectivity index (χ1) is 17.7. The number of aryl methyl sites for hydroxylation is 1. The van der Waals surface area contributed by atoms with Crippen molar-refractivity contribution in [2.45, 2.75) is 40.3 Å². The number of aliphatic imine (C=N–C) groups is 1. The van der Waals surface area contributed by atoms with E-state index >= 15 is 0 Å².